The summed E-state index contributed by atoms with van der Waals surface area (Å²) in [7, 11) is 0. The Morgan fingerprint density at radius 3 is 2.62 bits per heavy atom. The van der Waals surface area contributed by atoms with E-state index in [1.54, 1.807) is 5.57 Å². The largest absolute Gasteiger partial charge is 0.393 e. The van der Waals surface area contributed by atoms with Gasteiger partial charge in [-0.05, 0) is 81.0 Å². The minimum absolute atomic E-state index is 0.364. The normalized spacial score (nSPS) is 43.6. The topological polar surface area (TPSA) is 43.7 Å². The number of fused-ring (bicyclic) bond motifs is 1. The zero-order valence-corrected chi connectivity index (χ0v) is 18.3. The van der Waals surface area contributed by atoms with E-state index in [0.717, 1.165) is 19.0 Å². The minimum atomic E-state index is -0.622. The second-order valence-corrected chi connectivity index (χ2v) is 10.7. The van der Waals surface area contributed by atoms with Crippen molar-refractivity contribution in [2.45, 2.75) is 90.0 Å². The molecule has 0 radical (unpaired) electrons. The Morgan fingerprint density at radius 1 is 1.17 bits per heavy atom. The van der Waals surface area contributed by atoms with E-state index >= 15 is 0 Å². The maximum absolute atomic E-state index is 13.6. The number of nitrogens with zero attached hydrogens (tertiary/aromatic N) is 1. The molecule has 1 aliphatic heterocycles. The van der Waals surface area contributed by atoms with Crippen LogP contribution in [0.4, 0.5) is 4.39 Å². The van der Waals surface area contributed by atoms with E-state index in [1.807, 2.05) is 0 Å². The molecule has 1 saturated heterocycles. The number of alkyl halides is 1. The Bertz CT molecular complexity index is 635. The van der Waals surface area contributed by atoms with Crippen LogP contribution in [0.1, 0.15) is 71.6 Å². The van der Waals surface area contributed by atoms with Crippen molar-refractivity contribution < 1.29 is 14.6 Å². The Hall–Kier alpha value is -0.710. The first-order chi connectivity index (χ1) is 13.8. The third kappa shape index (κ3) is 4.65. The van der Waals surface area contributed by atoms with Crippen molar-refractivity contribution >= 4 is 0 Å². The van der Waals surface area contributed by atoms with Gasteiger partial charge in [-0.1, -0.05) is 37.1 Å². The predicted octanol–water partition coefficient (Wildman–Crippen LogP) is 4.64. The lowest BCUT2D eigenvalue weighted by Gasteiger charge is -2.45. The minimum Gasteiger partial charge on any atom is -0.393 e. The Kier molecular flexibility index (Phi) is 6.53. The summed E-state index contributed by atoms with van der Waals surface area (Å²) < 4.78 is 13.6. The summed E-state index contributed by atoms with van der Waals surface area (Å²) >= 11 is 0. The summed E-state index contributed by atoms with van der Waals surface area (Å²) in [4.78, 5) is 2.34. The van der Waals surface area contributed by atoms with Gasteiger partial charge in [0.2, 0.25) is 0 Å². The molecule has 1 heterocycles. The molecule has 29 heavy (non-hydrogen) atoms. The molecule has 3 nitrogen and oxygen atoms in total. The van der Waals surface area contributed by atoms with Crippen LogP contribution in [-0.2, 0) is 0 Å². The monoisotopic (exact) mass is 405 g/mol. The Labute approximate surface area is 176 Å². The quantitative estimate of drug-likeness (QED) is 0.716. The maximum atomic E-state index is 13.6. The van der Waals surface area contributed by atoms with Crippen LogP contribution in [0.2, 0.25) is 0 Å². The molecule has 4 aliphatic rings. The van der Waals surface area contributed by atoms with Crippen LogP contribution in [0.3, 0.4) is 0 Å². The van der Waals surface area contributed by atoms with Gasteiger partial charge in [0.05, 0.1) is 12.2 Å². The maximum Gasteiger partial charge on any atom is 0.114 e. The lowest BCUT2D eigenvalue weighted by molar-refractivity contribution is 0.0609. The molecule has 7 atom stereocenters. The molecule has 0 unspecified atom stereocenters. The highest BCUT2D eigenvalue weighted by Crippen LogP contribution is 2.59. The van der Waals surface area contributed by atoms with E-state index in [2.05, 4.69) is 30.9 Å². The second-order valence-electron chi connectivity index (χ2n) is 10.7. The van der Waals surface area contributed by atoms with Crippen LogP contribution < -0.4 is 0 Å². The average molecular weight is 406 g/mol. The molecular formula is C25H40FNO2. The molecule has 3 aliphatic carbocycles. The SMILES string of the molecule is C[C@H](CN1CC[C@H](F)C1)[C@H]1CC[C@H]2/C(=C/C=C3C[C@@H](O)C[C@H](O)C3)CCC[C@]12C. The van der Waals surface area contributed by atoms with E-state index < -0.39 is 18.4 Å². The molecule has 4 fully saturated rings. The molecule has 0 bridgehead atoms. The number of allylic oxidation sites excluding steroid dienone is 3. The number of halogens is 1. The summed E-state index contributed by atoms with van der Waals surface area (Å²) in [6.07, 6.45) is 12.1. The number of likely N-dealkylation sites (tertiary alicyclic amines) is 1. The van der Waals surface area contributed by atoms with E-state index in [1.165, 1.54) is 37.7 Å². The Balaban J connectivity index is 1.44. The molecule has 3 saturated carbocycles. The number of rotatable bonds is 4. The average Bonchev–Trinajstić information content (AvgIpc) is 3.21. The molecular weight excluding hydrogens is 365 g/mol. The highest BCUT2D eigenvalue weighted by atomic mass is 19.1. The molecule has 4 rings (SSSR count). The van der Waals surface area contributed by atoms with Gasteiger partial charge in [0.15, 0.2) is 0 Å². The van der Waals surface area contributed by atoms with E-state index in [4.69, 9.17) is 0 Å². The molecule has 0 spiro atoms. The van der Waals surface area contributed by atoms with Gasteiger partial charge in [0.1, 0.15) is 6.17 Å². The lowest BCUT2D eigenvalue weighted by atomic mass is 9.61. The van der Waals surface area contributed by atoms with Crippen LogP contribution in [0.25, 0.3) is 0 Å². The number of aliphatic hydroxyl groups is 2. The van der Waals surface area contributed by atoms with Crippen LogP contribution in [0.5, 0.6) is 0 Å². The van der Waals surface area contributed by atoms with Crippen LogP contribution in [0, 0.1) is 23.2 Å². The lowest BCUT2D eigenvalue weighted by Crippen LogP contribution is -2.39. The van der Waals surface area contributed by atoms with Gasteiger partial charge in [-0.25, -0.2) is 4.39 Å². The zero-order valence-electron chi connectivity index (χ0n) is 18.3. The third-order valence-electron chi connectivity index (χ3n) is 8.56. The summed E-state index contributed by atoms with van der Waals surface area (Å²) in [5.74, 6) is 2.00. The smallest absolute Gasteiger partial charge is 0.114 e. The van der Waals surface area contributed by atoms with Crippen molar-refractivity contribution in [1.29, 1.82) is 0 Å². The molecule has 0 aromatic carbocycles. The van der Waals surface area contributed by atoms with Crippen molar-refractivity contribution in [2.75, 3.05) is 19.6 Å². The summed E-state index contributed by atoms with van der Waals surface area (Å²) in [6, 6.07) is 0. The number of hydrogen-bond donors (Lipinski definition) is 2. The fourth-order valence-electron chi connectivity index (χ4n) is 7.23. The first-order valence-corrected chi connectivity index (χ1v) is 12.0. The fraction of sp³-hybridized carbons (Fsp3) is 0.840. The van der Waals surface area contributed by atoms with Crippen molar-refractivity contribution in [3.05, 3.63) is 23.3 Å². The highest BCUT2D eigenvalue weighted by molar-refractivity contribution is 5.26. The summed E-state index contributed by atoms with van der Waals surface area (Å²) in [5.41, 5.74) is 3.14. The van der Waals surface area contributed by atoms with Gasteiger partial charge in [0, 0.05) is 19.6 Å². The highest BCUT2D eigenvalue weighted by Gasteiger charge is 2.50. The van der Waals surface area contributed by atoms with Crippen LogP contribution in [0.15, 0.2) is 23.3 Å². The standard InChI is InChI=1S/C25H40FNO2/c1-17(15-27-11-9-20(26)16-27)23-7-8-24-19(4-3-10-25(23,24)2)6-5-18-12-21(28)14-22(29)13-18/h5-6,17,20-24,28-29H,3-4,7-16H2,1-2H3/b19-6+/t17-,20+,21-,22-,23-,24+,25-/m1/s1. The fourth-order valence-corrected chi connectivity index (χ4v) is 7.23. The number of hydrogen-bond acceptors (Lipinski definition) is 3. The van der Waals surface area contributed by atoms with Gasteiger partial charge in [0.25, 0.3) is 0 Å². The van der Waals surface area contributed by atoms with Crippen molar-refractivity contribution in [1.82, 2.24) is 4.90 Å². The van der Waals surface area contributed by atoms with Crippen molar-refractivity contribution in [3.8, 4) is 0 Å². The third-order valence-corrected chi connectivity index (χ3v) is 8.56. The van der Waals surface area contributed by atoms with Gasteiger partial charge >= 0.3 is 0 Å². The van der Waals surface area contributed by atoms with Crippen molar-refractivity contribution in [2.24, 2.45) is 23.2 Å². The molecule has 164 valence electrons. The van der Waals surface area contributed by atoms with E-state index in [9.17, 15) is 14.6 Å². The molecule has 0 aromatic rings. The Morgan fingerprint density at radius 2 is 1.93 bits per heavy atom. The van der Waals surface area contributed by atoms with E-state index in [0.29, 0.717) is 49.5 Å². The van der Waals surface area contributed by atoms with Crippen LogP contribution >= 0.6 is 0 Å². The van der Waals surface area contributed by atoms with Crippen molar-refractivity contribution in [3.63, 3.8) is 0 Å². The van der Waals surface area contributed by atoms with Gasteiger partial charge < -0.3 is 15.1 Å². The second kappa shape index (κ2) is 8.80. The van der Waals surface area contributed by atoms with Gasteiger partial charge in [-0.15, -0.1) is 0 Å². The summed E-state index contributed by atoms with van der Waals surface area (Å²) in [5, 5.41) is 19.9. The molecule has 2 N–H and O–H groups in total. The van der Waals surface area contributed by atoms with Gasteiger partial charge in [-0.2, -0.15) is 0 Å². The zero-order chi connectivity index (χ0) is 20.6. The van der Waals surface area contributed by atoms with Gasteiger partial charge in [-0.3, -0.25) is 0 Å². The first kappa shape index (κ1) is 21.5. The molecule has 0 aromatic heterocycles. The molecule has 4 heteroatoms. The van der Waals surface area contributed by atoms with Crippen LogP contribution in [-0.4, -0.2) is 53.1 Å². The molecule has 0 amide bonds. The summed E-state index contributed by atoms with van der Waals surface area (Å²) in [6.45, 7) is 7.52. The number of aliphatic hydroxyl groups excluding tert-OH is 2. The van der Waals surface area contributed by atoms with E-state index in [-0.39, 0.29) is 0 Å². The predicted molar refractivity (Wildman–Crippen MR) is 115 cm³/mol. The first-order valence-electron chi connectivity index (χ1n) is 12.0.